The maximum absolute atomic E-state index is 13.1. The average molecular weight is 323 g/mol. The number of aromatic nitrogens is 4. The van der Waals surface area contributed by atoms with Crippen molar-refractivity contribution >= 4 is 5.95 Å². The largest absolute Gasteiger partial charge is 0.433 e. The molecule has 2 aromatic rings. The number of hydrogen-bond donors (Lipinski definition) is 0. The molecule has 1 aliphatic heterocycles. The normalized spacial score (nSPS) is 21.7. The molecule has 1 saturated heterocycles. The molecule has 3 rings (SSSR count). The Morgan fingerprint density at radius 1 is 1.17 bits per heavy atom. The van der Waals surface area contributed by atoms with Crippen LogP contribution in [0.1, 0.15) is 37.0 Å². The Morgan fingerprint density at radius 2 is 1.87 bits per heavy atom. The molecule has 0 bridgehead atoms. The van der Waals surface area contributed by atoms with Crippen molar-refractivity contribution in [2.75, 3.05) is 11.4 Å². The van der Waals surface area contributed by atoms with Crippen LogP contribution in [0.5, 0.6) is 0 Å². The minimum absolute atomic E-state index is 0.162. The Balaban J connectivity index is 2.07. The lowest BCUT2D eigenvalue weighted by Crippen LogP contribution is -2.41. The lowest BCUT2D eigenvalue weighted by Gasteiger charge is -2.34. The van der Waals surface area contributed by atoms with Crippen molar-refractivity contribution in [3.63, 3.8) is 0 Å². The van der Waals surface area contributed by atoms with Gasteiger partial charge in [0.05, 0.1) is 0 Å². The first-order valence-corrected chi connectivity index (χ1v) is 7.29. The number of halogens is 3. The Labute approximate surface area is 131 Å². The summed E-state index contributed by atoms with van der Waals surface area (Å²) in [5, 5.41) is 0. The second-order valence-electron chi connectivity index (χ2n) is 5.79. The second kappa shape index (κ2) is 5.43. The van der Waals surface area contributed by atoms with Gasteiger partial charge in [-0.15, -0.1) is 0 Å². The maximum Gasteiger partial charge on any atom is 0.433 e. The van der Waals surface area contributed by atoms with Gasteiger partial charge in [0, 0.05) is 24.6 Å². The van der Waals surface area contributed by atoms with E-state index in [1.165, 1.54) is 0 Å². The molecule has 5 nitrogen and oxygen atoms in total. The molecule has 1 aliphatic rings. The van der Waals surface area contributed by atoms with Crippen LogP contribution in [0, 0.1) is 6.92 Å². The Morgan fingerprint density at radius 3 is 2.52 bits per heavy atom. The van der Waals surface area contributed by atoms with E-state index in [2.05, 4.69) is 19.9 Å². The molecule has 0 unspecified atom stereocenters. The highest BCUT2D eigenvalue weighted by Gasteiger charge is 2.44. The van der Waals surface area contributed by atoms with Gasteiger partial charge in [0.2, 0.25) is 5.95 Å². The van der Waals surface area contributed by atoms with Gasteiger partial charge in [-0.3, -0.25) is 0 Å². The van der Waals surface area contributed by atoms with Crippen molar-refractivity contribution in [1.82, 2.24) is 19.9 Å². The quantitative estimate of drug-likeness (QED) is 0.850. The minimum Gasteiger partial charge on any atom is -0.328 e. The summed E-state index contributed by atoms with van der Waals surface area (Å²) < 4.78 is 39.2. The molecule has 0 aliphatic carbocycles. The van der Waals surface area contributed by atoms with Gasteiger partial charge in [0.1, 0.15) is 11.2 Å². The molecular weight excluding hydrogens is 307 g/mol. The van der Waals surface area contributed by atoms with Crippen LogP contribution in [0.25, 0.3) is 0 Å². The molecule has 0 spiro atoms. The van der Waals surface area contributed by atoms with E-state index in [1.807, 2.05) is 11.8 Å². The van der Waals surface area contributed by atoms with Crippen molar-refractivity contribution < 1.29 is 13.2 Å². The number of nitrogens with zero attached hydrogens (tertiary/aromatic N) is 5. The summed E-state index contributed by atoms with van der Waals surface area (Å²) in [5.74, 6) is 0.640. The highest BCUT2D eigenvalue weighted by Crippen LogP contribution is 2.39. The molecule has 0 saturated carbocycles. The first-order valence-electron chi connectivity index (χ1n) is 7.29. The van der Waals surface area contributed by atoms with Crippen molar-refractivity contribution in [3.8, 4) is 0 Å². The van der Waals surface area contributed by atoms with Gasteiger partial charge < -0.3 is 4.90 Å². The first kappa shape index (κ1) is 15.6. The number of hydrogen-bond acceptors (Lipinski definition) is 5. The molecule has 8 heteroatoms. The molecule has 0 amide bonds. The summed E-state index contributed by atoms with van der Waals surface area (Å²) in [4.78, 5) is 18.4. The fourth-order valence-electron chi connectivity index (χ4n) is 2.90. The maximum atomic E-state index is 13.1. The fourth-order valence-corrected chi connectivity index (χ4v) is 2.90. The summed E-state index contributed by atoms with van der Waals surface area (Å²) in [6.07, 6.45) is 0.184. The van der Waals surface area contributed by atoms with E-state index in [1.54, 1.807) is 25.4 Å². The number of rotatable bonds is 2. The van der Waals surface area contributed by atoms with Gasteiger partial charge in [-0.2, -0.15) is 13.2 Å². The summed E-state index contributed by atoms with van der Waals surface area (Å²) >= 11 is 0. The molecule has 23 heavy (non-hydrogen) atoms. The third-order valence-electron chi connectivity index (χ3n) is 4.06. The van der Waals surface area contributed by atoms with Crippen LogP contribution in [0.15, 0.2) is 24.5 Å². The van der Waals surface area contributed by atoms with Crippen LogP contribution in [-0.2, 0) is 11.7 Å². The minimum atomic E-state index is -4.49. The molecule has 3 heterocycles. The van der Waals surface area contributed by atoms with Crippen molar-refractivity contribution in [3.05, 3.63) is 41.7 Å². The summed E-state index contributed by atoms with van der Waals surface area (Å²) in [6.45, 7) is 4.03. The van der Waals surface area contributed by atoms with Gasteiger partial charge >= 0.3 is 6.18 Å². The topological polar surface area (TPSA) is 54.8 Å². The van der Waals surface area contributed by atoms with Gasteiger partial charge in [-0.25, -0.2) is 19.9 Å². The van der Waals surface area contributed by atoms with E-state index < -0.39 is 17.4 Å². The molecule has 1 atom stereocenters. The lowest BCUT2D eigenvalue weighted by atomic mass is 9.97. The van der Waals surface area contributed by atoms with Crippen LogP contribution in [-0.4, -0.2) is 26.5 Å². The van der Waals surface area contributed by atoms with Crippen molar-refractivity contribution in [2.24, 2.45) is 0 Å². The Kier molecular flexibility index (Phi) is 3.69. The third kappa shape index (κ3) is 2.85. The van der Waals surface area contributed by atoms with Crippen molar-refractivity contribution in [1.29, 1.82) is 0 Å². The van der Waals surface area contributed by atoms with E-state index in [9.17, 15) is 13.2 Å². The molecule has 2 aromatic heterocycles. The molecule has 0 N–H and O–H groups in total. The summed E-state index contributed by atoms with van der Waals surface area (Å²) in [7, 11) is 0. The highest BCUT2D eigenvalue weighted by molar-refractivity contribution is 5.39. The summed E-state index contributed by atoms with van der Waals surface area (Å²) in [5.41, 5.74) is -1.38. The average Bonchev–Trinajstić information content (AvgIpc) is 2.90. The zero-order chi connectivity index (χ0) is 16.7. The van der Waals surface area contributed by atoms with E-state index in [0.717, 1.165) is 12.5 Å². The Hall–Kier alpha value is -2.25. The third-order valence-corrected chi connectivity index (χ3v) is 4.06. The number of aryl methyl sites for hydroxylation is 1. The zero-order valence-corrected chi connectivity index (χ0v) is 12.8. The molecule has 0 radical (unpaired) electrons. The molecular formula is C15H16F3N5. The van der Waals surface area contributed by atoms with Crippen LogP contribution in [0.2, 0.25) is 0 Å². The van der Waals surface area contributed by atoms with Crippen molar-refractivity contribution in [2.45, 2.75) is 38.4 Å². The molecule has 0 aromatic carbocycles. The Bertz CT molecular complexity index is 704. The van der Waals surface area contributed by atoms with E-state index in [-0.39, 0.29) is 5.82 Å². The standard InChI is InChI=1S/C15H16F3N5/c1-10-9-11(15(16,17)18)22-12(21-10)14(2)5-3-8-23(14)13-19-6-4-7-20-13/h4,6-7,9H,3,5,8H2,1-2H3/t14-/m1/s1. The van der Waals surface area contributed by atoms with Crippen LogP contribution >= 0.6 is 0 Å². The number of alkyl halides is 3. The second-order valence-corrected chi connectivity index (χ2v) is 5.79. The van der Waals surface area contributed by atoms with Gasteiger partial charge in [0.25, 0.3) is 0 Å². The van der Waals surface area contributed by atoms with E-state index >= 15 is 0 Å². The molecule has 122 valence electrons. The van der Waals surface area contributed by atoms with Gasteiger partial charge in [-0.1, -0.05) is 0 Å². The van der Waals surface area contributed by atoms with Crippen LogP contribution < -0.4 is 4.90 Å². The first-order chi connectivity index (χ1) is 10.8. The lowest BCUT2D eigenvalue weighted by molar-refractivity contribution is -0.141. The van der Waals surface area contributed by atoms with Gasteiger partial charge in [-0.05, 0) is 38.8 Å². The highest BCUT2D eigenvalue weighted by atomic mass is 19.4. The van der Waals surface area contributed by atoms with Crippen LogP contribution in [0.3, 0.4) is 0 Å². The SMILES string of the molecule is Cc1cc(C(F)(F)F)nc([C@@]2(C)CCCN2c2ncccn2)n1. The van der Waals surface area contributed by atoms with E-state index in [4.69, 9.17) is 0 Å². The predicted molar refractivity (Wildman–Crippen MR) is 77.7 cm³/mol. The summed E-state index contributed by atoms with van der Waals surface area (Å²) in [6, 6.07) is 2.66. The molecule has 1 fully saturated rings. The predicted octanol–water partition coefficient (Wildman–Crippen LogP) is 3.11. The van der Waals surface area contributed by atoms with Crippen LogP contribution in [0.4, 0.5) is 19.1 Å². The smallest absolute Gasteiger partial charge is 0.328 e. The fraction of sp³-hybridized carbons (Fsp3) is 0.467. The van der Waals surface area contributed by atoms with E-state index in [0.29, 0.717) is 24.6 Å². The monoisotopic (exact) mass is 323 g/mol. The van der Waals surface area contributed by atoms with Gasteiger partial charge in [0.15, 0.2) is 5.82 Å². The number of anilines is 1. The zero-order valence-electron chi connectivity index (χ0n) is 12.8.